The maximum atomic E-state index is 13.7. The molecule has 3 aliphatic heterocycles. The van der Waals surface area contributed by atoms with Crippen molar-refractivity contribution in [3.05, 3.63) is 10.4 Å². The zero-order valence-corrected chi connectivity index (χ0v) is 28.0. The van der Waals surface area contributed by atoms with Crippen molar-refractivity contribution in [2.75, 3.05) is 28.8 Å². The molecule has 0 spiro atoms. The van der Waals surface area contributed by atoms with Crippen molar-refractivity contribution in [1.82, 2.24) is 9.97 Å². The molecule has 20 heteroatoms. The Morgan fingerprint density at radius 2 is 1.54 bits per heavy atom. The molecule has 5 atom stereocenters. The summed E-state index contributed by atoms with van der Waals surface area (Å²) in [5.74, 6) is -4.21. The minimum Gasteiger partial charge on any atom is -0.443 e. The smallest absolute Gasteiger partial charge is 0.443 e. The van der Waals surface area contributed by atoms with E-state index in [0.717, 1.165) is 7.11 Å². The predicted molar refractivity (Wildman–Crippen MR) is 157 cm³/mol. The Kier molecular flexibility index (Phi) is 9.06. The van der Waals surface area contributed by atoms with Gasteiger partial charge in [-0.15, -0.1) is 4.90 Å². The van der Waals surface area contributed by atoms with Crippen LogP contribution in [-0.2, 0) is 37.1 Å². The van der Waals surface area contributed by atoms with Crippen molar-refractivity contribution >= 4 is 43.6 Å². The molecule has 5 unspecified atom stereocenters. The number of aromatic nitrogens is 2. The van der Waals surface area contributed by atoms with Crippen LogP contribution in [0.2, 0.25) is 0 Å². The van der Waals surface area contributed by atoms with Crippen molar-refractivity contribution in [2.45, 2.75) is 109 Å². The van der Waals surface area contributed by atoms with E-state index in [9.17, 15) is 34.0 Å². The predicted octanol–water partition coefficient (Wildman–Crippen LogP) is 2.56. The average Bonchev–Trinajstić information content (AvgIpc) is 2.85. The first-order valence-corrected chi connectivity index (χ1v) is 15.6. The van der Waals surface area contributed by atoms with Gasteiger partial charge in [0.15, 0.2) is 18.1 Å². The lowest BCUT2D eigenvalue weighted by molar-refractivity contribution is -0.315. The van der Waals surface area contributed by atoms with Crippen LogP contribution < -0.4 is 20.7 Å². The second kappa shape index (κ2) is 11.7. The van der Waals surface area contributed by atoms with Gasteiger partial charge in [-0.1, -0.05) is 0 Å². The largest absolute Gasteiger partial charge is 0.475 e. The molecule has 1 aromatic rings. The van der Waals surface area contributed by atoms with Crippen LogP contribution in [0.1, 0.15) is 62.3 Å². The SMILES string of the molecule is COP1(=O)OCC2OC3C(Nc4c(nc(N(C(=O)OC(C)(C)C)C(=O)OC(C)(C)C)[nH]c4=O)N3C(=O)OC(C)(C)C)C(O)(O)C2O1. The highest BCUT2D eigenvalue weighted by Gasteiger charge is 2.64. The molecule has 2 saturated heterocycles. The number of nitrogens with one attached hydrogen (secondary N) is 2. The van der Waals surface area contributed by atoms with Crippen molar-refractivity contribution in [1.29, 1.82) is 0 Å². The lowest BCUT2D eigenvalue weighted by Gasteiger charge is -2.54. The van der Waals surface area contributed by atoms with E-state index in [1.807, 2.05) is 0 Å². The molecular formula is C26H40N5O14P. The second-order valence-corrected chi connectivity index (χ2v) is 15.4. The molecule has 1 aromatic heterocycles. The fourth-order valence-electron chi connectivity index (χ4n) is 4.58. The Morgan fingerprint density at radius 3 is 2.04 bits per heavy atom. The first-order chi connectivity index (χ1) is 20.9. The minimum atomic E-state index is -4.22. The van der Waals surface area contributed by atoms with Crippen molar-refractivity contribution < 1.29 is 61.7 Å². The van der Waals surface area contributed by atoms with Crippen LogP contribution >= 0.6 is 7.82 Å². The highest BCUT2D eigenvalue weighted by atomic mass is 31.2. The van der Waals surface area contributed by atoms with Crippen LogP contribution in [0, 0.1) is 0 Å². The molecule has 4 heterocycles. The van der Waals surface area contributed by atoms with Gasteiger partial charge in [-0.05, 0) is 62.3 Å². The Morgan fingerprint density at radius 1 is 1.00 bits per heavy atom. The summed E-state index contributed by atoms with van der Waals surface area (Å²) < 4.78 is 50.1. The lowest BCUT2D eigenvalue weighted by atomic mass is 9.90. The first kappa shape index (κ1) is 35.5. The zero-order chi connectivity index (χ0) is 34.8. The van der Waals surface area contributed by atoms with Gasteiger partial charge in [0.1, 0.15) is 34.6 Å². The number of phosphoric acid groups is 1. The number of rotatable bonds is 2. The number of hydrogen-bond donors (Lipinski definition) is 4. The number of nitrogens with zero attached hydrogens (tertiary/aromatic N) is 3. The van der Waals surface area contributed by atoms with Crippen LogP contribution in [0.25, 0.3) is 0 Å². The Balaban J connectivity index is 1.89. The molecule has 0 aliphatic carbocycles. The summed E-state index contributed by atoms with van der Waals surface area (Å²) in [4.78, 5) is 61.5. The number of anilines is 3. The topological polar surface area (TPSA) is 238 Å². The standard InChI is InChI=1S/C26H40N5O14P/c1-23(2,3)42-20(33)30-16-13(27-14-18(30)41-12-11-40-46(38,39-10)45-15(12)26(14,36)37)17(32)29-19(28-16)31(21(34)43-24(4,5)6)22(35)44-25(7,8)9/h12,14-15,18,27,36-37H,11H2,1-10H3,(H,28,29,32). The van der Waals surface area contributed by atoms with Crippen molar-refractivity contribution in [3.63, 3.8) is 0 Å². The number of hydrogen-bond acceptors (Lipinski definition) is 16. The summed E-state index contributed by atoms with van der Waals surface area (Å²) in [6.07, 6.45) is -8.48. The fourth-order valence-corrected chi connectivity index (χ4v) is 5.73. The van der Waals surface area contributed by atoms with Gasteiger partial charge in [-0.25, -0.2) is 23.8 Å². The maximum absolute atomic E-state index is 13.7. The van der Waals surface area contributed by atoms with Crippen LogP contribution in [0.4, 0.5) is 31.8 Å². The molecule has 4 rings (SSSR count). The van der Waals surface area contributed by atoms with Gasteiger partial charge >= 0.3 is 26.1 Å². The van der Waals surface area contributed by atoms with E-state index in [-0.39, 0.29) is 0 Å². The third-order valence-corrected chi connectivity index (χ3v) is 7.70. The molecular weight excluding hydrogens is 637 g/mol. The summed E-state index contributed by atoms with van der Waals surface area (Å²) in [7, 11) is -3.19. The van der Waals surface area contributed by atoms with Gasteiger partial charge in [0.25, 0.3) is 5.56 Å². The minimum absolute atomic E-state index is 0.336. The van der Waals surface area contributed by atoms with Gasteiger partial charge in [0, 0.05) is 7.11 Å². The zero-order valence-electron chi connectivity index (χ0n) is 27.1. The van der Waals surface area contributed by atoms with Crippen LogP contribution in [-0.4, -0.2) is 99.2 Å². The highest BCUT2D eigenvalue weighted by Crippen LogP contribution is 2.56. The Hall–Kier alpha value is -3.32. The van der Waals surface area contributed by atoms with E-state index in [1.165, 1.54) is 0 Å². The number of H-pyrrole nitrogens is 1. The van der Waals surface area contributed by atoms with E-state index < -0.39 is 103 Å². The molecule has 0 saturated carbocycles. The van der Waals surface area contributed by atoms with Crippen LogP contribution in [0.5, 0.6) is 0 Å². The number of fused-ring (bicyclic) bond motifs is 3. The van der Waals surface area contributed by atoms with E-state index in [2.05, 4.69) is 15.3 Å². The van der Waals surface area contributed by atoms with E-state index in [0.29, 0.717) is 9.80 Å². The maximum Gasteiger partial charge on any atom is 0.475 e. The molecule has 19 nitrogen and oxygen atoms in total. The molecule has 3 aliphatic rings. The Bertz CT molecular complexity index is 1470. The van der Waals surface area contributed by atoms with Gasteiger partial charge in [-0.2, -0.15) is 4.98 Å². The van der Waals surface area contributed by atoms with Crippen LogP contribution in [0.15, 0.2) is 4.79 Å². The molecule has 2 fully saturated rings. The van der Waals surface area contributed by atoms with Crippen molar-refractivity contribution in [2.24, 2.45) is 0 Å². The van der Waals surface area contributed by atoms with E-state index in [1.54, 1.807) is 62.3 Å². The molecule has 46 heavy (non-hydrogen) atoms. The second-order valence-electron chi connectivity index (χ2n) is 13.7. The van der Waals surface area contributed by atoms with E-state index in [4.69, 9.17) is 32.5 Å². The number of phosphoric ester groups is 1. The molecule has 0 aromatic carbocycles. The quantitative estimate of drug-likeness (QED) is 0.200. The van der Waals surface area contributed by atoms with Gasteiger partial charge in [0.05, 0.1) is 6.61 Å². The summed E-state index contributed by atoms with van der Waals surface area (Å²) in [6, 6.07) is -1.75. The number of aliphatic hydroxyl groups is 2. The summed E-state index contributed by atoms with van der Waals surface area (Å²) in [6.45, 7) is 13.4. The van der Waals surface area contributed by atoms with Crippen molar-refractivity contribution in [3.8, 4) is 0 Å². The van der Waals surface area contributed by atoms with Gasteiger partial charge < -0.3 is 34.5 Å². The highest BCUT2D eigenvalue weighted by molar-refractivity contribution is 7.48. The van der Waals surface area contributed by atoms with Gasteiger partial charge in [-0.3, -0.25) is 23.3 Å². The van der Waals surface area contributed by atoms with Crippen LogP contribution in [0.3, 0.4) is 0 Å². The first-order valence-electron chi connectivity index (χ1n) is 14.1. The lowest BCUT2D eigenvalue weighted by Crippen LogP contribution is -2.75. The molecule has 258 valence electrons. The number of carbonyl (C=O) groups is 3. The number of amides is 3. The third kappa shape index (κ3) is 7.30. The third-order valence-electron chi connectivity index (χ3n) is 6.30. The normalized spacial score (nSPS) is 27.3. The molecule has 3 amide bonds. The summed E-state index contributed by atoms with van der Waals surface area (Å²) in [5.41, 5.74) is -4.90. The summed E-state index contributed by atoms with van der Waals surface area (Å²) >= 11 is 0. The van der Waals surface area contributed by atoms with E-state index >= 15 is 0 Å². The number of ether oxygens (including phenoxy) is 4. The summed E-state index contributed by atoms with van der Waals surface area (Å²) in [5, 5.41) is 25.3. The number of carbonyl (C=O) groups excluding carboxylic acids is 3. The number of aromatic amines is 1. The monoisotopic (exact) mass is 677 g/mol. The molecule has 0 bridgehead atoms. The van der Waals surface area contributed by atoms with Gasteiger partial charge in [0.2, 0.25) is 11.7 Å². The molecule has 4 N–H and O–H groups in total. The Labute approximate surface area is 264 Å². The fraction of sp³-hybridized carbons (Fsp3) is 0.731. The number of imide groups is 1. The molecule has 0 radical (unpaired) electrons. The average molecular weight is 678 g/mol.